The van der Waals surface area contributed by atoms with E-state index in [1.807, 2.05) is 0 Å². The number of rotatable bonds is 8. The van der Waals surface area contributed by atoms with Crippen molar-refractivity contribution in [2.45, 2.75) is 31.9 Å². The van der Waals surface area contributed by atoms with Gasteiger partial charge in [0.15, 0.2) is 0 Å². The molecule has 0 spiro atoms. The molecule has 0 bridgehead atoms. The van der Waals surface area contributed by atoms with Gasteiger partial charge < -0.3 is 9.63 Å². The smallest absolute Gasteiger partial charge is 0.416 e. The second kappa shape index (κ2) is 10.5. The Bertz CT molecular complexity index is 1700. The number of carboxylic acid groups (broad SMARTS) is 1. The SMILES string of the molecule is O=C(O)CCCCc1nc2cc(-c3noc(-c4ccncc4)n3)ccc2c(=O)n1-c1ccc(C(F)(F)F)cc1. The van der Waals surface area contributed by atoms with Crippen molar-refractivity contribution in [1.29, 1.82) is 0 Å². The number of halogens is 3. The second-order valence-corrected chi connectivity index (χ2v) is 8.71. The molecular weight excluding hydrogens is 515 g/mol. The van der Waals surface area contributed by atoms with Crippen LogP contribution >= 0.6 is 0 Å². The van der Waals surface area contributed by atoms with E-state index < -0.39 is 23.3 Å². The maximum atomic E-state index is 13.6. The Morgan fingerprint density at radius 3 is 2.38 bits per heavy atom. The standard InChI is InChI=1S/C27H20F3N5O4/c28-27(29,30)18-6-8-19(9-7-18)35-22(3-1-2-4-23(36)37)32-21-15-17(5-10-20(21)26(35)38)24-33-25(39-34-24)16-11-13-31-14-12-16/h5-15H,1-4H2,(H,36,37). The van der Waals surface area contributed by atoms with Crippen molar-refractivity contribution in [2.75, 3.05) is 0 Å². The first-order valence-electron chi connectivity index (χ1n) is 11.9. The summed E-state index contributed by atoms with van der Waals surface area (Å²) in [6.07, 6.45) is -0.398. The number of hydrogen-bond acceptors (Lipinski definition) is 7. The molecule has 0 aliphatic rings. The van der Waals surface area contributed by atoms with E-state index in [0.29, 0.717) is 35.3 Å². The molecule has 9 nitrogen and oxygen atoms in total. The molecule has 0 fully saturated rings. The lowest BCUT2D eigenvalue weighted by Gasteiger charge is -2.15. The van der Waals surface area contributed by atoms with Gasteiger partial charge in [-0.2, -0.15) is 18.2 Å². The highest BCUT2D eigenvalue weighted by Crippen LogP contribution is 2.30. The largest absolute Gasteiger partial charge is 0.481 e. The lowest BCUT2D eigenvalue weighted by atomic mass is 10.1. The van der Waals surface area contributed by atoms with Gasteiger partial charge in [-0.05, 0) is 61.4 Å². The van der Waals surface area contributed by atoms with E-state index in [9.17, 15) is 22.8 Å². The number of aryl methyl sites for hydroxylation is 1. The van der Waals surface area contributed by atoms with Crippen LogP contribution in [0.25, 0.3) is 39.4 Å². The van der Waals surface area contributed by atoms with Crippen molar-refractivity contribution in [1.82, 2.24) is 24.7 Å². The van der Waals surface area contributed by atoms with Crippen molar-refractivity contribution in [3.63, 3.8) is 0 Å². The number of aromatic nitrogens is 5. The van der Waals surface area contributed by atoms with Crippen molar-refractivity contribution in [3.8, 4) is 28.5 Å². The van der Waals surface area contributed by atoms with Crippen molar-refractivity contribution < 1.29 is 27.6 Å². The van der Waals surface area contributed by atoms with E-state index in [-0.39, 0.29) is 35.6 Å². The molecule has 0 aliphatic heterocycles. The normalized spacial score (nSPS) is 11.7. The highest BCUT2D eigenvalue weighted by Gasteiger charge is 2.30. The van der Waals surface area contributed by atoms with Crippen molar-refractivity contribution in [2.24, 2.45) is 0 Å². The molecule has 0 atom stereocenters. The zero-order valence-electron chi connectivity index (χ0n) is 20.2. The fourth-order valence-corrected chi connectivity index (χ4v) is 4.12. The molecule has 12 heteroatoms. The van der Waals surface area contributed by atoms with Crippen LogP contribution < -0.4 is 5.56 Å². The monoisotopic (exact) mass is 535 g/mol. The molecule has 0 saturated carbocycles. The van der Waals surface area contributed by atoms with Gasteiger partial charge in [0.1, 0.15) is 5.82 Å². The molecule has 3 aromatic heterocycles. The molecule has 0 unspecified atom stereocenters. The van der Waals surface area contributed by atoms with E-state index in [0.717, 1.165) is 12.1 Å². The van der Waals surface area contributed by atoms with Gasteiger partial charge in [-0.25, -0.2) is 4.98 Å². The Morgan fingerprint density at radius 1 is 0.949 bits per heavy atom. The van der Waals surface area contributed by atoms with Crippen LogP contribution in [0.1, 0.15) is 30.7 Å². The van der Waals surface area contributed by atoms with Crippen LogP contribution in [-0.2, 0) is 17.4 Å². The first-order valence-corrected chi connectivity index (χ1v) is 11.9. The molecule has 0 amide bonds. The second-order valence-electron chi connectivity index (χ2n) is 8.71. The molecule has 5 aromatic rings. The van der Waals surface area contributed by atoms with Crippen LogP contribution in [0.5, 0.6) is 0 Å². The van der Waals surface area contributed by atoms with Gasteiger partial charge in [-0.3, -0.25) is 19.1 Å². The topological polar surface area (TPSA) is 124 Å². The number of fused-ring (bicyclic) bond motifs is 1. The molecule has 5 rings (SSSR count). The van der Waals surface area contributed by atoms with Gasteiger partial charge in [0.25, 0.3) is 11.4 Å². The van der Waals surface area contributed by atoms with Crippen LogP contribution in [0.3, 0.4) is 0 Å². The third-order valence-electron chi connectivity index (χ3n) is 6.04. The minimum atomic E-state index is -4.52. The van der Waals surface area contributed by atoms with Crippen LogP contribution in [0.2, 0.25) is 0 Å². The van der Waals surface area contributed by atoms with E-state index >= 15 is 0 Å². The molecule has 0 saturated heterocycles. The van der Waals surface area contributed by atoms with Crippen molar-refractivity contribution >= 4 is 16.9 Å². The average Bonchev–Trinajstić information content (AvgIpc) is 3.41. The van der Waals surface area contributed by atoms with E-state index in [2.05, 4.69) is 20.1 Å². The zero-order valence-corrected chi connectivity index (χ0v) is 20.2. The van der Waals surface area contributed by atoms with Gasteiger partial charge in [0.05, 0.1) is 22.2 Å². The zero-order chi connectivity index (χ0) is 27.6. The third kappa shape index (κ3) is 5.54. The van der Waals surface area contributed by atoms with Gasteiger partial charge >= 0.3 is 12.1 Å². The maximum Gasteiger partial charge on any atom is 0.416 e. The molecule has 198 valence electrons. The summed E-state index contributed by atoms with van der Waals surface area (Å²) >= 11 is 0. The predicted octanol–water partition coefficient (Wildman–Crippen LogP) is 5.31. The molecular formula is C27H20F3N5O4. The van der Waals surface area contributed by atoms with Gasteiger partial charge in [0.2, 0.25) is 5.82 Å². The van der Waals surface area contributed by atoms with Crippen molar-refractivity contribution in [3.05, 3.63) is 88.7 Å². The Labute approximate surface area is 218 Å². The Balaban J connectivity index is 1.56. The Morgan fingerprint density at radius 2 is 1.69 bits per heavy atom. The molecule has 0 radical (unpaired) electrons. The lowest BCUT2D eigenvalue weighted by molar-refractivity contribution is -0.138. The maximum absolute atomic E-state index is 13.6. The van der Waals surface area contributed by atoms with Crippen LogP contribution in [0.4, 0.5) is 13.2 Å². The highest BCUT2D eigenvalue weighted by molar-refractivity contribution is 5.83. The summed E-state index contributed by atoms with van der Waals surface area (Å²) < 4.78 is 45.9. The summed E-state index contributed by atoms with van der Waals surface area (Å²) in [5.74, 6) is -0.0874. The fourth-order valence-electron chi connectivity index (χ4n) is 4.12. The quantitative estimate of drug-likeness (QED) is 0.265. The Hall–Kier alpha value is -4.87. The summed E-state index contributed by atoms with van der Waals surface area (Å²) in [4.78, 5) is 37.5. The number of alkyl halides is 3. The fraction of sp³-hybridized carbons (Fsp3) is 0.185. The number of carboxylic acids is 1. The molecule has 3 heterocycles. The van der Waals surface area contributed by atoms with Crippen LogP contribution in [0, 0.1) is 0 Å². The van der Waals surface area contributed by atoms with Gasteiger partial charge in [0, 0.05) is 36.4 Å². The third-order valence-corrected chi connectivity index (χ3v) is 6.04. The van der Waals surface area contributed by atoms with Gasteiger partial charge in [-0.15, -0.1) is 0 Å². The van der Waals surface area contributed by atoms with E-state index in [4.69, 9.17) is 9.63 Å². The minimum absolute atomic E-state index is 0.0557. The molecule has 1 N–H and O–H groups in total. The number of carbonyl (C=O) groups is 1. The number of pyridine rings is 1. The number of aliphatic carboxylic acids is 1. The number of nitrogens with zero attached hydrogens (tertiary/aromatic N) is 5. The minimum Gasteiger partial charge on any atom is -0.481 e. The molecule has 0 aliphatic carbocycles. The van der Waals surface area contributed by atoms with E-state index in [1.165, 1.54) is 16.7 Å². The first kappa shape index (κ1) is 25.8. The summed E-state index contributed by atoms with van der Waals surface area (Å²) in [6.45, 7) is 0. The first-order chi connectivity index (χ1) is 18.7. The average molecular weight is 535 g/mol. The number of unbranched alkanes of at least 4 members (excludes halogenated alkanes) is 1. The summed E-state index contributed by atoms with van der Waals surface area (Å²) in [5, 5.41) is 13.2. The van der Waals surface area contributed by atoms with Gasteiger partial charge in [-0.1, -0.05) is 11.2 Å². The highest BCUT2D eigenvalue weighted by atomic mass is 19.4. The van der Waals surface area contributed by atoms with Crippen LogP contribution in [0.15, 0.2) is 76.3 Å². The number of hydrogen-bond donors (Lipinski definition) is 1. The molecule has 2 aromatic carbocycles. The lowest BCUT2D eigenvalue weighted by Crippen LogP contribution is -2.24. The predicted molar refractivity (Wildman–Crippen MR) is 134 cm³/mol. The Kier molecular flexibility index (Phi) is 6.92. The van der Waals surface area contributed by atoms with Crippen LogP contribution in [-0.4, -0.2) is 35.8 Å². The summed E-state index contributed by atoms with van der Waals surface area (Å²) in [5.41, 5.74) is 0.481. The summed E-state index contributed by atoms with van der Waals surface area (Å²) in [6, 6.07) is 12.5. The molecule has 39 heavy (non-hydrogen) atoms. The van der Waals surface area contributed by atoms with E-state index in [1.54, 1.807) is 42.7 Å². The number of benzene rings is 2. The summed E-state index contributed by atoms with van der Waals surface area (Å²) in [7, 11) is 0.